The molecule has 0 atom stereocenters. The number of morpholine rings is 1. The zero-order valence-electron chi connectivity index (χ0n) is 19.3. The molecular formula is C24H22ClF3N4O5. The summed E-state index contributed by atoms with van der Waals surface area (Å²) in [7, 11) is 0. The van der Waals surface area contributed by atoms with E-state index in [9.17, 15) is 22.8 Å². The molecule has 0 saturated carbocycles. The highest BCUT2D eigenvalue weighted by molar-refractivity contribution is 6.33. The number of nitriles is 2. The molecule has 0 bridgehead atoms. The Hall–Kier alpha value is -3.84. The van der Waals surface area contributed by atoms with Gasteiger partial charge in [0, 0.05) is 31.9 Å². The van der Waals surface area contributed by atoms with Crippen LogP contribution in [0.3, 0.4) is 0 Å². The first-order valence-electron chi connectivity index (χ1n) is 10.8. The number of carboxylic acid groups (broad SMARTS) is 2. The number of rotatable bonds is 3. The lowest BCUT2D eigenvalue weighted by molar-refractivity contribution is -0.143. The molecule has 2 heterocycles. The van der Waals surface area contributed by atoms with Gasteiger partial charge >= 0.3 is 18.1 Å². The third kappa shape index (κ3) is 8.65. The largest absolute Gasteiger partial charge is 0.481 e. The van der Waals surface area contributed by atoms with Crippen LogP contribution in [0.4, 0.5) is 18.9 Å². The number of hydrogen-bond donors (Lipinski definition) is 3. The first kappa shape index (κ1) is 29.4. The minimum Gasteiger partial charge on any atom is -0.481 e. The second-order valence-corrected chi connectivity index (χ2v) is 8.15. The number of benzene rings is 2. The first-order chi connectivity index (χ1) is 17.5. The lowest BCUT2D eigenvalue weighted by atomic mass is 10.1. The number of halogens is 4. The molecule has 0 unspecified atom stereocenters. The Kier molecular flexibility index (Phi) is 10.7. The van der Waals surface area contributed by atoms with Gasteiger partial charge in [0.15, 0.2) is 0 Å². The van der Waals surface area contributed by atoms with Gasteiger partial charge in [-0.05, 0) is 36.4 Å². The van der Waals surface area contributed by atoms with Gasteiger partial charge < -0.3 is 25.2 Å². The summed E-state index contributed by atoms with van der Waals surface area (Å²) in [5.41, 5.74) is -0.270. The van der Waals surface area contributed by atoms with Gasteiger partial charge in [-0.15, -0.1) is 0 Å². The predicted molar refractivity (Wildman–Crippen MR) is 126 cm³/mol. The summed E-state index contributed by atoms with van der Waals surface area (Å²) in [5, 5.41) is 36.8. The van der Waals surface area contributed by atoms with Gasteiger partial charge in [0.2, 0.25) is 0 Å². The molecule has 2 aliphatic heterocycles. The molecule has 196 valence electrons. The predicted octanol–water partition coefficient (Wildman–Crippen LogP) is 3.61. The maximum absolute atomic E-state index is 13.0. The molecule has 0 radical (unpaired) electrons. The van der Waals surface area contributed by atoms with Gasteiger partial charge in [-0.3, -0.25) is 4.79 Å². The Morgan fingerprint density at radius 3 is 2.00 bits per heavy atom. The van der Waals surface area contributed by atoms with Crippen molar-refractivity contribution in [1.29, 1.82) is 10.5 Å². The van der Waals surface area contributed by atoms with Gasteiger partial charge in [-0.2, -0.15) is 23.7 Å². The molecule has 2 aliphatic rings. The number of alkyl halides is 3. The second-order valence-electron chi connectivity index (χ2n) is 7.75. The number of nitrogens with one attached hydrogen (secondary N) is 1. The number of aromatic carboxylic acids is 1. The minimum absolute atomic E-state index is 0.00988. The highest BCUT2D eigenvalue weighted by Gasteiger charge is 2.35. The lowest BCUT2D eigenvalue weighted by Crippen LogP contribution is -2.46. The van der Waals surface area contributed by atoms with Crippen molar-refractivity contribution in [1.82, 2.24) is 5.32 Å². The van der Waals surface area contributed by atoms with Crippen LogP contribution >= 0.6 is 11.6 Å². The normalized spacial score (nSPS) is 14.9. The van der Waals surface area contributed by atoms with Crippen molar-refractivity contribution in [2.45, 2.75) is 6.18 Å². The summed E-state index contributed by atoms with van der Waals surface area (Å²) in [6.07, 6.45) is -4.46. The molecule has 0 amide bonds. The molecule has 0 aliphatic carbocycles. The van der Waals surface area contributed by atoms with Crippen molar-refractivity contribution >= 4 is 29.2 Å². The van der Waals surface area contributed by atoms with Crippen molar-refractivity contribution in [3.8, 4) is 12.1 Å². The fourth-order valence-corrected chi connectivity index (χ4v) is 3.40. The number of carboxylic acids is 2. The van der Waals surface area contributed by atoms with Crippen LogP contribution in [0.15, 0.2) is 36.4 Å². The number of ether oxygens (including phenoxy) is 1. The summed E-state index contributed by atoms with van der Waals surface area (Å²) < 4.78 is 44.0. The summed E-state index contributed by atoms with van der Waals surface area (Å²) in [4.78, 5) is 22.0. The number of anilines is 1. The fraction of sp³-hybridized carbons (Fsp3) is 0.333. The summed E-state index contributed by atoms with van der Waals surface area (Å²) >= 11 is 5.57. The highest BCUT2D eigenvalue weighted by atomic mass is 35.5. The fourth-order valence-electron chi connectivity index (χ4n) is 3.13. The van der Waals surface area contributed by atoms with E-state index in [4.69, 9.17) is 37.1 Å². The van der Waals surface area contributed by atoms with Crippen LogP contribution in [0.2, 0.25) is 5.02 Å². The molecule has 2 aromatic carbocycles. The van der Waals surface area contributed by atoms with Crippen LogP contribution in [0.5, 0.6) is 0 Å². The van der Waals surface area contributed by atoms with E-state index < -0.39 is 23.7 Å². The zero-order valence-corrected chi connectivity index (χ0v) is 20.0. The van der Waals surface area contributed by atoms with Crippen molar-refractivity contribution in [3.63, 3.8) is 0 Å². The number of carbonyl (C=O) groups is 2. The van der Waals surface area contributed by atoms with Crippen LogP contribution in [0.1, 0.15) is 27.0 Å². The monoisotopic (exact) mass is 538 g/mol. The van der Waals surface area contributed by atoms with Crippen LogP contribution in [0, 0.1) is 28.6 Å². The number of hydrogen-bond acceptors (Lipinski definition) is 7. The summed E-state index contributed by atoms with van der Waals surface area (Å²) in [6.45, 7) is 2.98. The van der Waals surface area contributed by atoms with Crippen LogP contribution in [-0.4, -0.2) is 61.5 Å². The van der Waals surface area contributed by atoms with Gasteiger partial charge in [-0.1, -0.05) is 11.6 Å². The van der Waals surface area contributed by atoms with E-state index >= 15 is 0 Å². The van der Waals surface area contributed by atoms with E-state index in [1.54, 1.807) is 11.0 Å². The molecule has 2 saturated heterocycles. The molecular weight excluding hydrogens is 517 g/mol. The molecule has 2 fully saturated rings. The van der Waals surface area contributed by atoms with Gasteiger partial charge in [0.1, 0.15) is 0 Å². The Morgan fingerprint density at radius 2 is 1.59 bits per heavy atom. The topological polar surface area (TPSA) is 147 Å². The SMILES string of the molecule is N#Cc1ccc(C(=O)O)c(Cl)c1.N#Cc1ccc(N2CCOCC2)c(C(F)(F)F)c1.O=C(O)C1CNC1. The van der Waals surface area contributed by atoms with Crippen molar-refractivity contribution < 1.29 is 37.7 Å². The van der Waals surface area contributed by atoms with Crippen molar-refractivity contribution in [2.75, 3.05) is 44.3 Å². The minimum atomic E-state index is -4.46. The van der Waals surface area contributed by atoms with E-state index in [2.05, 4.69) is 5.32 Å². The molecule has 9 nitrogen and oxygen atoms in total. The molecule has 0 spiro atoms. The van der Waals surface area contributed by atoms with Crippen LogP contribution in [0.25, 0.3) is 0 Å². The van der Waals surface area contributed by atoms with Gasteiger partial charge in [0.05, 0.1) is 58.5 Å². The van der Waals surface area contributed by atoms with Crippen molar-refractivity contribution in [2.24, 2.45) is 5.92 Å². The molecule has 2 aromatic rings. The van der Waals surface area contributed by atoms with Gasteiger partial charge in [0.25, 0.3) is 0 Å². The average Bonchev–Trinajstić information content (AvgIpc) is 2.82. The van der Waals surface area contributed by atoms with E-state index in [-0.39, 0.29) is 27.8 Å². The maximum Gasteiger partial charge on any atom is 0.418 e. The zero-order chi connectivity index (χ0) is 27.6. The van der Waals surface area contributed by atoms with E-state index in [1.165, 1.54) is 30.3 Å². The summed E-state index contributed by atoms with van der Waals surface area (Å²) in [5.74, 6) is -1.89. The lowest BCUT2D eigenvalue weighted by Gasteiger charge is -2.31. The molecule has 37 heavy (non-hydrogen) atoms. The molecule has 3 N–H and O–H groups in total. The Balaban J connectivity index is 0.000000217. The average molecular weight is 539 g/mol. The number of aliphatic carboxylic acids is 1. The first-order valence-corrected chi connectivity index (χ1v) is 11.2. The number of nitrogens with zero attached hydrogens (tertiary/aromatic N) is 3. The molecule has 13 heteroatoms. The van der Waals surface area contributed by atoms with E-state index in [0.29, 0.717) is 45.0 Å². The third-order valence-electron chi connectivity index (χ3n) is 5.24. The standard InChI is InChI=1S/C12H11F3N2O.C8H4ClNO2.C4H7NO2/c13-12(14,15)10-7-9(8-16)1-2-11(10)17-3-5-18-6-4-17;9-7-3-5(4-10)1-2-6(7)8(11)12;6-4(7)3-1-5-2-3/h1-2,7H,3-6H2;1-3H,(H,11,12);3,5H,1-2H2,(H,6,7). The Morgan fingerprint density at radius 1 is 1.03 bits per heavy atom. The van der Waals surface area contributed by atoms with Crippen LogP contribution < -0.4 is 10.2 Å². The second kappa shape index (κ2) is 13.5. The quantitative estimate of drug-likeness (QED) is 0.533. The smallest absolute Gasteiger partial charge is 0.418 e. The molecule has 0 aromatic heterocycles. The Labute approximate surface area is 215 Å². The van der Waals surface area contributed by atoms with Crippen LogP contribution in [-0.2, 0) is 15.7 Å². The van der Waals surface area contributed by atoms with Crippen molar-refractivity contribution in [3.05, 3.63) is 63.7 Å². The van der Waals surface area contributed by atoms with Gasteiger partial charge in [-0.25, -0.2) is 4.79 Å². The highest BCUT2D eigenvalue weighted by Crippen LogP contribution is 2.37. The van der Waals surface area contributed by atoms with E-state index in [0.717, 1.165) is 6.07 Å². The summed E-state index contributed by atoms with van der Waals surface area (Å²) in [6, 6.07) is 11.3. The third-order valence-corrected chi connectivity index (χ3v) is 5.55. The Bertz CT molecular complexity index is 1200. The molecule has 4 rings (SSSR count). The van der Waals surface area contributed by atoms with E-state index in [1.807, 2.05) is 6.07 Å². The maximum atomic E-state index is 13.0.